The van der Waals surface area contributed by atoms with Gasteiger partial charge in [-0.15, -0.1) is 6.58 Å². The number of rotatable bonds is 5. The minimum absolute atomic E-state index is 0.121. The fraction of sp³-hybridized carbons (Fsp3) is 0.500. The number of halogens is 1. The summed E-state index contributed by atoms with van der Waals surface area (Å²) in [7, 11) is 1.64. The maximum absolute atomic E-state index is 10.5. The molecule has 0 radical (unpaired) electrons. The summed E-state index contributed by atoms with van der Waals surface area (Å²) >= 11 is 3.41. The number of hydrogen-bond acceptors (Lipinski definition) is 4. The van der Waals surface area contributed by atoms with Crippen molar-refractivity contribution < 1.29 is 9.84 Å². The van der Waals surface area contributed by atoms with Gasteiger partial charge in [0, 0.05) is 37.8 Å². The first-order valence-electron chi connectivity index (χ1n) is 7.18. The average molecular weight is 355 g/mol. The summed E-state index contributed by atoms with van der Waals surface area (Å²) in [4.78, 5) is 2.39. The smallest absolute Gasteiger partial charge is 0.134 e. The molecule has 1 aromatic carbocycles. The summed E-state index contributed by atoms with van der Waals surface area (Å²) < 4.78 is 6.00. The highest BCUT2D eigenvalue weighted by Gasteiger charge is 2.26. The van der Waals surface area contributed by atoms with Crippen LogP contribution in [0.4, 0.5) is 0 Å². The molecule has 1 atom stereocenters. The number of phenolic OH excluding ortho intramolecular Hbond substituents is 1. The maximum Gasteiger partial charge on any atom is 0.134 e. The van der Waals surface area contributed by atoms with Gasteiger partial charge in [0.1, 0.15) is 11.5 Å². The second-order valence-corrected chi connectivity index (χ2v) is 6.36. The molecule has 0 aliphatic carbocycles. The van der Waals surface area contributed by atoms with Crippen LogP contribution in [0.25, 0.3) is 0 Å². The van der Waals surface area contributed by atoms with E-state index in [1.54, 1.807) is 13.2 Å². The largest absolute Gasteiger partial charge is 0.506 e. The van der Waals surface area contributed by atoms with E-state index in [1.807, 2.05) is 13.0 Å². The summed E-state index contributed by atoms with van der Waals surface area (Å²) in [6.07, 6.45) is 0.827. The van der Waals surface area contributed by atoms with Crippen LogP contribution in [0.3, 0.4) is 0 Å². The van der Waals surface area contributed by atoms with E-state index >= 15 is 0 Å². The van der Waals surface area contributed by atoms with Crippen molar-refractivity contribution in [2.75, 3.05) is 33.3 Å². The number of nitrogens with one attached hydrogen (secondary N) is 1. The maximum atomic E-state index is 10.5. The minimum Gasteiger partial charge on any atom is -0.506 e. The van der Waals surface area contributed by atoms with E-state index in [-0.39, 0.29) is 6.04 Å². The highest BCUT2D eigenvalue weighted by molar-refractivity contribution is 9.10. The second-order valence-electron chi connectivity index (χ2n) is 5.51. The molecular weight excluding hydrogens is 332 g/mol. The van der Waals surface area contributed by atoms with E-state index in [0.717, 1.165) is 49.5 Å². The monoisotopic (exact) mass is 354 g/mol. The van der Waals surface area contributed by atoms with Crippen LogP contribution in [0.15, 0.2) is 28.8 Å². The number of ether oxygens (including phenoxy) is 1. The van der Waals surface area contributed by atoms with Gasteiger partial charge in [0.05, 0.1) is 11.6 Å². The molecule has 1 heterocycles. The molecule has 0 unspecified atom stereocenters. The Morgan fingerprint density at radius 3 is 2.71 bits per heavy atom. The van der Waals surface area contributed by atoms with E-state index in [1.165, 1.54) is 0 Å². The zero-order valence-electron chi connectivity index (χ0n) is 12.7. The molecule has 2 rings (SSSR count). The third kappa shape index (κ3) is 3.99. The minimum atomic E-state index is 0.121. The van der Waals surface area contributed by atoms with Gasteiger partial charge in [-0.3, -0.25) is 4.90 Å². The van der Waals surface area contributed by atoms with Crippen LogP contribution in [0, 0.1) is 0 Å². The number of methoxy groups -OCH3 is 1. The number of phenols is 1. The van der Waals surface area contributed by atoms with Crippen molar-refractivity contribution in [2.45, 2.75) is 19.4 Å². The van der Waals surface area contributed by atoms with Crippen LogP contribution in [0.2, 0.25) is 0 Å². The summed E-state index contributed by atoms with van der Waals surface area (Å²) in [5.41, 5.74) is 2.00. The highest BCUT2D eigenvalue weighted by Crippen LogP contribution is 2.40. The van der Waals surface area contributed by atoms with Crippen LogP contribution in [-0.2, 0) is 0 Å². The first kappa shape index (κ1) is 16.3. The van der Waals surface area contributed by atoms with Gasteiger partial charge in [-0.1, -0.05) is 5.57 Å². The third-order valence-corrected chi connectivity index (χ3v) is 4.40. The standard InChI is InChI=1S/C16H23BrN2O2/c1-11(2)8-15(19-6-4-18-5-7-19)13-9-12(21-3)10-14(17)16(13)20/h9-10,15,18,20H,1,4-8H2,2-3H3/t15-/m1/s1. The van der Waals surface area contributed by atoms with Crippen LogP contribution in [0.1, 0.15) is 24.9 Å². The molecule has 4 nitrogen and oxygen atoms in total. The van der Waals surface area contributed by atoms with E-state index in [4.69, 9.17) is 4.74 Å². The summed E-state index contributed by atoms with van der Waals surface area (Å²) in [5.74, 6) is 1.04. The predicted octanol–water partition coefficient (Wildman–Crippen LogP) is 3.08. The molecule has 0 amide bonds. The van der Waals surface area contributed by atoms with Gasteiger partial charge >= 0.3 is 0 Å². The van der Waals surface area contributed by atoms with E-state index in [9.17, 15) is 5.11 Å². The zero-order chi connectivity index (χ0) is 15.4. The molecule has 1 aliphatic rings. The first-order valence-corrected chi connectivity index (χ1v) is 7.97. The molecule has 0 aromatic heterocycles. The molecule has 5 heteroatoms. The Balaban J connectivity index is 2.39. The molecule has 1 saturated heterocycles. The molecule has 116 valence electrons. The Bertz CT molecular complexity index is 513. The number of hydrogen-bond donors (Lipinski definition) is 2. The van der Waals surface area contributed by atoms with E-state index < -0.39 is 0 Å². The second kappa shape index (κ2) is 7.29. The van der Waals surface area contributed by atoms with Gasteiger partial charge in [-0.25, -0.2) is 0 Å². The lowest BCUT2D eigenvalue weighted by atomic mass is 9.97. The lowest BCUT2D eigenvalue weighted by Crippen LogP contribution is -2.45. The highest BCUT2D eigenvalue weighted by atomic mass is 79.9. The Morgan fingerprint density at radius 2 is 2.14 bits per heavy atom. The van der Waals surface area contributed by atoms with E-state index in [0.29, 0.717) is 10.2 Å². The summed E-state index contributed by atoms with van der Waals surface area (Å²) in [5, 5.41) is 13.8. The van der Waals surface area contributed by atoms with Crippen LogP contribution in [-0.4, -0.2) is 43.3 Å². The SMILES string of the molecule is C=C(C)C[C@H](c1cc(OC)cc(Br)c1O)N1CCNCC1. The Morgan fingerprint density at radius 1 is 1.48 bits per heavy atom. The third-order valence-electron chi connectivity index (χ3n) is 3.80. The van der Waals surface area contributed by atoms with Crippen molar-refractivity contribution in [1.82, 2.24) is 10.2 Å². The molecular formula is C16H23BrN2O2. The van der Waals surface area contributed by atoms with Crippen LogP contribution >= 0.6 is 15.9 Å². The number of nitrogens with zero attached hydrogens (tertiary/aromatic N) is 1. The zero-order valence-corrected chi connectivity index (χ0v) is 14.2. The van der Waals surface area contributed by atoms with Crippen molar-refractivity contribution in [1.29, 1.82) is 0 Å². The molecule has 1 aliphatic heterocycles. The topological polar surface area (TPSA) is 44.7 Å². The van der Waals surface area contributed by atoms with Crippen molar-refractivity contribution >= 4 is 15.9 Å². The lowest BCUT2D eigenvalue weighted by molar-refractivity contribution is 0.169. The van der Waals surface area contributed by atoms with Crippen molar-refractivity contribution in [2.24, 2.45) is 0 Å². The fourth-order valence-corrected chi connectivity index (χ4v) is 3.18. The van der Waals surface area contributed by atoms with Crippen molar-refractivity contribution in [3.8, 4) is 11.5 Å². The van der Waals surface area contributed by atoms with Gasteiger partial charge in [-0.05, 0) is 41.4 Å². The van der Waals surface area contributed by atoms with Crippen molar-refractivity contribution in [3.63, 3.8) is 0 Å². The van der Waals surface area contributed by atoms with Gasteiger partial charge in [0.2, 0.25) is 0 Å². The Hall–Kier alpha value is -1.04. The number of benzene rings is 1. The predicted molar refractivity (Wildman–Crippen MR) is 89.0 cm³/mol. The quantitative estimate of drug-likeness (QED) is 0.797. The molecule has 21 heavy (non-hydrogen) atoms. The molecule has 0 saturated carbocycles. The molecule has 0 spiro atoms. The van der Waals surface area contributed by atoms with Gasteiger partial charge in [0.15, 0.2) is 0 Å². The molecule has 0 bridgehead atoms. The first-order chi connectivity index (χ1) is 10.0. The Kier molecular flexibility index (Phi) is 5.67. The van der Waals surface area contributed by atoms with E-state index in [2.05, 4.69) is 32.7 Å². The molecule has 1 aromatic rings. The Labute approximate surface area is 134 Å². The van der Waals surface area contributed by atoms with Crippen LogP contribution < -0.4 is 10.1 Å². The number of aromatic hydroxyl groups is 1. The summed E-state index contributed by atoms with van der Waals surface area (Å²) in [6, 6.07) is 3.83. The number of piperazine rings is 1. The average Bonchev–Trinajstić information content (AvgIpc) is 2.48. The van der Waals surface area contributed by atoms with Gasteiger partial charge < -0.3 is 15.2 Å². The van der Waals surface area contributed by atoms with Crippen LogP contribution in [0.5, 0.6) is 11.5 Å². The summed E-state index contributed by atoms with van der Waals surface area (Å²) in [6.45, 7) is 9.94. The van der Waals surface area contributed by atoms with Gasteiger partial charge in [0.25, 0.3) is 0 Å². The van der Waals surface area contributed by atoms with Crippen molar-refractivity contribution in [3.05, 3.63) is 34.3 Å². The molecule has 1 fully saturated rings. The fourth-order valence-electron chi connectivity index (χ4n) is 2.73. The normalized spacial score (nSPS) is 17.5. The lowest BCUT2D eigenvalue weighted by Gasteiger charge is -2.36. The van der Waals surface area contributed by atoms with Gasteiger partial charge in [-0.2, -0.15) is 0 Å². The molecule has 2 N–H and O–H groups in total.